The Morgan fingerprint density at radius 1 is 1.04 bits per heavy atom. The Morgan fingerprint density at radius 2 is 1.71 bits per heavy atom. The van der Waals surface area contributed by atoms with Crippen molar-refractivity contribution in [3.8, 4) is 0 Å². The van der Waals surface area contributed by atoms with Gasteiger partial charge in [-0.1, -0.05) is 49.7 Å². The summed E-state index contributed by atoms with van der Waals surface area (Å²) in [5.41, 5.74) is 2.91. The quantitative estimate of drug-likeness (QED) is 0.655. The summed E-state index contributed by atoms with van der Waals surface area (Å²) in [6.45, 7) is 9.50. The molecule has 0 aliphatic carbocycles. The summed E-state index contributed by atoms with van der Waals surface area (Å²) in [5, 5.41) is 2.69. The van der Waals surface area contributed by atoms with E-state index in [4.69, 9.17) is 9.47 Å². The van der Waals surface area contributed by atoms with Gasteiger partial charge in [-0.2, -0.15) is 0 Å². The lowest BCUT2D eigenvalue weighted by molar-refractivity contribution is 0.0473. The van der Waals surface area contributed by atoms with Crippen molar-refractivity contribution < 1.29 is 19.1 Å². The van der Waals surface area contributed by atoms with Gasteiger partial charge in [-0.05, 0) is 56.9 Å². The zero-order valence-corrected chi connectivity index (χ0v) is 17.3. The topological polar surface area (TPSA) is 64.6 Å². The summed E-state index contributed by atoms with van der Waals surface area (Å²) in [5.74, 6) is -0.467. The molecule has 2 aromatic rings. The van der Waals surface area contributed by atoms with Crippen LogP contribution in [0.4, 0.5) is 10.5 Å². The van der Waals surface area contributed by atoms with E-state index in [0.717, 1.165) is 29.5 Å². The average molecular weight is 383 g/mol. The van der Waals surface area contributed by atoms with Gasteiger partial charge in [0.1, 0.15) is 12.2 Å². The van der Waals surface area contributed by atoms with Crippen molar-refractivity contribution in [2.24, 2.45) is 0 Å². The van der Waals surface area contributed by atoms with Gasteiger partial charge >= 0.3 is 12.1 Å². The third-order valence-corrected chi connectivity index (χ3v) is 4.15. The van der Waals surface area contributed by atoms with Gasteiger partial charge in [0.2, 0.25) is 0 Å². The van der Waals surface area contributed by atoms with E-state index in [1.165, 1.54) is 0 Å². The predicted molar refractivity (Wildman–Crippen MR) is 111 cm³/mol. The Bertz CT molecular complexity index is 822. The summed E-state index contributed by atoms with van der Waals surface area (Å²) in [6, 6.07) is 13.2. The second-order valence-electron chi connectivity index (χ2n) is 7.71. The predicted octanol–water partition coefficient (Wildman–Crippen LogP) is 5.65. The van der Waals surface area contributed by atoms with Crippen molar-refractivity contribution in [1.82, 2.24) is 0 Å². The number of carbonyl (C=O) groups is 2. The Balaban J connectivity index is 2.28. The molecule has 1 amide bonds. The SMILES string of the molecule is CCCc1ccc(NC(=O)OC(C)(C)C)c(C(=O)OCc2ccccc2)c1C. The van der Waals surface area contributed by atoms with Gasteiger partial charge < -0.3 is 9.47 Å². The van der Waals surface area contributed by atoms with Crippen LogP contribution in [0.1, 0.15) is 61.2 Å². The molecular weight excluding hydrogens is 354 g/mol. The fraction of sp³-hybridized carbons (Fsp3) is 0.391. The average Bonchev–Trinajstić information content (AvgIpc) is 2.61. The van der Waals surface area contributed by atoms with Gasteiger partial charge in [-0.25, -0.2) is 9.59 Å². The Labute approximate surface area is 167 Å². The van der Waals surface area contributed by atoms with E-state index in [0.29, 0.717) is 11.3 Å². The summed E-state index contributed by atoms with van der Waals surface area (Å²) in [4.78, 5) is 25.1. The first-order chi connectivity index (χ1) is 13.2. The molecule has 150 valence electrons. The lowest BCUT2D eigenvalue weighted by atomic mass is 9.97. The van der Waals surface area contributed by atoms with Gasteiger partial charge in [0.25, 0.3) is 0 Å². The highest BCUT2D eigenvalue weighted by atomic mass is 16.6. The van der Waals surface area contributed by atoms with E-state index in [2.05, 4.69) is 12.2 Å². The van der Waals surface area contributed by atoms with E-state index >= 15 is 0 Å². The summed E-state index contributed by atoms with van der Waals surface area (Å²) in [6.07, 6.45) is 1.20. The largest absolute Gasteiger partial charge is 0.457 e. The van der Waals surface area contributed by atoms with Crippen molar-refractivity contribution in [3.05, 3.63) is 64.7 Å². The van der Waals surface area contributed by atoms with Crippen LogP contribution in [-0.4, -0.2) is 17.7 Å². The van der Waals surface area contributed by atoms with Crippen molar-refractivity contribution in [2.75, 3.05) is 5.32 Å². The van der Waals surface area contributed by atoms with Crippen molar-refractivity contribution >= 4 is 17.7 Å². The highest BCUT2D eigenvalue weighted by Crippen LogP contribution is 2.26. The van der Waals surface area contributed by atoms with Crippen LogP contribution in [-0.2, 0) is 22.5 Å². The van der Waals surface area contributed by atoms with E-state index in [9.17, 15) is 9.59 Å². The van der Waals surface area contributed by atoms with Crippen LogP contribution in [0, 0.1) is 6.92 Å². The van der Waals surface area contributed by atoms with Crippen LogP contribution in [0.3, 0.4) is 0 Å². The molecule has 2 aromatic carbocycles. The zero-order valence-electron chi connectivity index (χ0n) is 17.3. The summed E-state index contributed by atoms with van der Waals surface area (Å²) < 4.78 is 10.8. The number of amides is 1. The molecule has 28 heavy (non-hydrogen) atoms. The molecule has 5 heteroatoms. The second-order valence-corrected chi connectivity index (χ2v) is 7.71. The maximum Gasteiger partial charge on any atom is 0.412 e. The van der Waals surface area contributed by atoms with Gasteiger partial charge in [0.05, 0.1) is 11.3 Å². The molecule has 0 aliphatic heterocycles. The fourth-order valence-electron chi connectivity index (χ4n) is 2.87. The van der Waals surface area contributed by atoms with Crippen LogP contribution < -0.4 is 5.32 Å². The van der Waals surface area contributed by atoms with E-state index in [1.807, 2.05) is 43.3 Å². The molecule has 1 N–H and O–H groups in total. The molecule has 0 bridgehead atoms. The van der Waals surface area contributed by atoms with Gasteiger partial charge in [0, 0.05) is 0 Å². The van der Waals surface area contributed by atoms with Crippen molar-refractivity contribution in [2.45, 2.75) is 59.7 Å². The molecule has 0 atom stereocenters. The first kappa shape index (κ1) is 21.5. The van der Waals surface area contributed by atoms with Crippen LogP contribution in [0.2, 0.25) is 0 Å². The first-order valence-corrected chi connectivity index (χ1v) is 9.54. The number of nitrogens with one attached hydrogen (secondary N) is 1. The second kappa shape index (κ2) is 9.40. The maximum absolute atomic E-state index is 12.9. The Kier molecular flexibility index (Phi) is 7.21. The number of esters is 1. The van der Waals surface area contributed by atoms with E-state index in [-0.39, 0.29) is 6.61 Å². The molecule has 5 nitrogen and oxygen atoms in total. The van der Waals surface area contributed by atoms with Gasteiger partial charge in [-0.3, -0.25) is 5.32 Å². The summed E-state index contributed by atoms with van der Waals surface area (Å²) >= 11 is 0. The summed E-state index contributed by atoms with van der Waals surface area (Å²) in [7, 11) is 0. The molecule has 0 spiro atoms. The highest BCUT2D eigenvalue weighted by molar-refractivity contribution is 6.01. The number of benzene rings is 2. The van der Waals surface area contributed by atoms with Crippen molar-refractivity contribution in [3.63, 3.8) is 0 Å². The Hall–Kier alpha value is -2.82. The Morgan fingerprint density at radius 3 is 2.32 bits per heavy atom. The molecule has 0 heterocycles. The van der Waals surface area contributed by atoms with Crippen LogP contribution in [0.5, 0.6) is 0 Å². The minimum atomic E-state index is -0.630. The minimum Gasteiger partial charge on any atom is -0.457 e. The standard InChI is InChI=1S/C23H29NO4/c1-6-10-18-13-14-19(24-22(26)28-23(3,4)5)20(16(18)2)21(25)27-15-17-11-8-7-9-12-17/h7-9,11-14H,6,10,15H2,1-5H3,(H,24,26). The number of ether oxygens (including phenoxy) is 2. The van der Waals surface area contributed by atoms with Gasteiger partial charge in [-0.15, -0.1) is 0 Å². The van der Waals surface area contributed by atoms with Crippen LogP contribution >= 0.6 is 0 Å². The smallest absolute Gasteiger partial charge is 0.412 e. The molecule has 0 fully saturated rings. The van der Waals surface area contributed by atoms with E-state index < -0.39 is 17.7 Å². The minimum absolute atomic E-state index is 0.170. The van der Waals surface area contributed by atoms with Crippen LogP contribution in [0.25, 0.3) is 0 Å². The fourth-order valence-corrected chi connectivity index (χ4v) is 2.87. The van der Waals surface area contributed by atoms with Crippen LogP contribution in [0.15, 0.2) is 42.5 Å². The molecule has 0 saturated heterocycles. The van der Waals surface area contributed by atoms with E-state index in [1.54, 1.807) is 26.8 Å². The third-order valence-electron chi connectivity index (χ3n) is 4.15. The molecule has 0 unspecified atom stereocenters. The number of anilines is 1. The molecule has 0 aromatic heterocycles. The van der Waals surface area contributed by atoms with Crippen molar-refractivity contribution in [1.29, 1.82) is 0 Å². The molecule has 0 aliphatic rings. The number of hydrogen-bond acceptors (Lipinski definition) is 4. The molecule has 0 radical (unpaired) electrons. The third kappa shape index (κ3) is 6.12. The lowest BCUT2D eigenvalue weighted by Crippen LogP contribution is -2.28. The van der Waals surface area contributed by atoms with Gasteiger partial charge in [0.15, 0.2) is 0 Å². The maximum atomic E-state index is 12.9. The number of hydrogen-bond donors (Lipinski definition) is 1. The molecule has 2 rings (SSSR count). The highest BCUT2D eigenvalue weighted by Gasteiger charge is 2.22. The molecule has 0 saturated carbocycles. The number of aryl methyl sites for hydroxylation is 1. The first-order valence-electron chi connectivity index (χ1n) is 9.54. The number of rotatable bonds is 6. The molecular formula is C23H29NO4. The zero-order chi connectivity index (χ0) is 20.7. The lowest BCUT2D eigenvalue weighted by Gasteiger charge is -2.21. The number of carbonyl (C=O) groups excluding carboxylic acids is 2. The normalized spacial score (nSPS) is 11.0. The monoisotopic (exact) mass is 383 g/mol.